The van der Waals surface area contributed by atoms with Gasteiger partial charge in [0.25, 0.3) is 5.56 Å². The van der Waals surface area contributed by atoms with Gasteiger partial charge < -0.3 is 9.64 Å². The van der Waals surface area contributed by atoms with Gasteiger partial charge in [-0.2, -0.15) is 4.98 Å². The molecule has 3 heterocycles. The van der Waals surface area contributed by atoms with Gasteiger partial charge in [0.15, 0.2) is 16.9 Å². The molecular formula is C21H25N5O4. The summed E-state index contributed by atoms with van der Waals surface area (Å²) in [5.74, 6) is 0.422. The monoisotopic (exact) mass is 411 g/mol. The first-order valence-electron chi connectivity index (χ1n) is 10.1. The highest BCUT2D eigenvalue weighted by molar-refractivity contribution is 6.00. The number of benzene rings is 1. The van der Waals surface area contributed by atoms with Crippen LogP contribution in [0.25, 0.3) is 11.2 Å². The number of carbonyl (C=O) groups is 1. The minimum atomic E-state index is -0.625. The fourth-order valence-electron chi connectivity index (χ4n) is 3.96. The maximum Gasteiger partial charge on any atom is 0.332 e. The molecule has 0 unspecified atom stereocenters. The molecule has 30 heavy (non-hydrogen) atoms. The highest BCUT2D eigenvalue weighted by atomic mass is 16.5. The van der Waals surface area contributed by atoms with Gasteiger partial charge in [-0.15, -0.1) is 0 Å². The normalized spacial score (nSPS) is 15.5. The summed E-state index contributed by atoms with van der Waals surface area (Å²) in [6.07, 6.45) is 0.475. The summed E-state index contributed by atoms with van der Waals surface area (Å²) in [7, 11) is 3.03. The minimum absolute atomic E-state index is 0.0946. The van der Waals surface area contributed by atoms with Crippen LogP contribution in [-0.4, -0.2) is 50.8 Å². The van der Waals surface area contributed by atoms with Crippen molar-refractivity contribution in [3.05, 3.63) is 56.7 Å². The predicted molar refractivity (Wildman–Crippen MR) is 113 cm³/mol. The van der Waals surface area contributed by atoms with Crippen LogP contribution in [0, 0.1) is 0 Å². The lowest BCUT2D eigenvalue weighted by molar-refractivity contribution is 0.0923. The molecule has 0 spiro atoms. The van der Waals surface area contributed by atoms with Gasteiger partial charge in [0.05, 0.1) is 13.2 Å². The minimum Gasteiger partial charge on any atom is -0.378 e. The molecular weight excluding hydrogens is 386 g/mol. The number of anilines is 1. The lowest BCUT2D eigenvalue weighted by atomic mass is 10.0. The highest BCUT2D eigenvalue weighted by Gasteiger charge is 2.31. The summed E-state index contributed by atoms with van der Waals surface area (Å²) in [5, 5.41) is 0. The molecule has 1 atom stereocenters. The second-order valence-electron chi connectivity index (χ2n) is 7.41. The molecule has 0 radical (unpaired) electrons. The van der Waals surface area contributed by atoms with Gasteiger partial charge in [-0.05, 0) is 6.42 Å². The van der Waals surface area contributed by atoms with E-state index in [4.69, 9.17) is 4.74 Å². The van der Waals surface area contributed by atoms with Crippen LogP contribution in [-0.2, 0) is 18.8 Å². The van der Waals surface area contributed by atoms with Gasteiger partial charge in [-0.3, -0.25) is 23.3 Å². The third-order valence-electron chi connectivity index (χ3n) is 5.63. The first kappa shape index (κ1) is 20.1. The van der Waals surface area contributed by atoms with Gasteiger partial charge >= 0.3 is 5.69 Å². The molecule has 9 heteroatoms. The topological polar surface area (TPSA) is 91.4 Å². The van der Waals surface area contributed by atoms with E-state index in [1.165, 1.54) is 11.6 Å². The second-order valence-corrected chi connectivity index (χ2v) is 7.41. The lowest BCUT2D eigenvalue weighted by Gasteiger charge is -2.30. The Balaban J connectivity index is 2.01. The maximum atomic E-state index is 13.4. The van der Waals surface area contributed by atoms with Crippen LogP contribution < -0.4 is 16.1 Å². The van der Waals surface area contributed by atoms with Gasteiger partial charge in [0.2, 0.25) is 5.95 Å². The molecule has 1 saturated heterocycles. The van der Waals surface area contributed by atoms with Gasteiger partial charge in [0.1, 0.15) is 6.04 Å². The molecule has 0 aliphatic carbocycles. The van der Waals surface area contributed by atoms with E-state index < -0.39 is 17.3 Å². The van der Waals surface area contributed by atoms with E-state index >= 15 is 0 Å². The van der Waals surface area contributed by atoms with E-state index in [-0.39, 0.29) is 16.9 Å². The summed E-state index contributed by atoms with van der Waals surface area (Å²) in [5.41, 5.74) is 0.203. The Morgan fingerprint density at radius 3 is 2.40 bits per heavy atom. The Bertz CT molecular complexity index is 1200. The standard InChI is InChI=1S/C21H25N5O4/c1-4-15(17(27)14-8-6-5-7-9-14)26-16-18(23(2)21(29)24(3)19(16)28)22-20(26)25-10-12-30-13-11-25/h5-9,15H,4,10-13H2,1-3H3/t15-/m1/s1. The van der Waals surface area contributed by atoms with Crippen molar-refractivity contribution in [1.29, 1.82) is 0 Å². The summed E-state index contributed by atoms with van der Waals surface area (Å²) in [6, 6.07) is 8.41. The van der Waals surface area contributed by atoms with E-state index in [9.17, 15) is 14.4 Å². The van der Waals surface area contributed by atoms with E-state index in [1.54, 1.807) is 23.7 Å². The number of hydrogen-bond donors (Lipinski definition) is 0. The molecule has 4 rings (SSSR count). The van der Waals surface area contributed by atoms with Crippen LogP contribution in [0.2, 0.25) is 0 Å². The van der Waals surface area contributed by atoms with Crippen molar-refractivity contribution < 1.29 is 9.53 Å². The average molecular weight is 411 g/mol. The fourth-order valence-corrected chi connectivity index (χ4v) is 3.96. The fraction of sp³-hybridized carbons (Fsp3) is 0.429. The Morgan fingerprint density at radius 1 is 1.10 bits per heavy atom. The summed E-state index contributed by atoms with van der Waals surface area (Å²) in [4.78, 5) is 45.7. The largest absolute Gasteiger partial charge is 0.378 e. The highest BCUT2D eigenvalue weighted by Crippen LogP contribution is 2.29. The number of morpholine rings is 1. The number of Topliss-reactive ketones (excluding diaryl/α,β-unsaturated/α-hetero) is 1. The number of aromatic nitrogens is 4. The van der Waals surface area contributed by atoms with Crippen molar-refractivity contribution in [3.8, 4) is 0 Å². The zero-order valence-corrected chi connectivity index (χ0v) is 17.4. The zero-order valence-electron chi connectivity index (χ0n) is 17.4. The lowest BCUT2D eigenvalue weighted by Crippen LogP contribution is -2.40. The van der Waals surface area contributed by atoms with E-state index in [2.05, 4.69) is 4.98 Å². The molecule has 0 bridgehead atoms. The van der Waals surface area contributed by atoms with Gasteiger partial charge in [-0.25, -0.2) is 4.79 Å². The van der Waals surface area contributed by atoms with Crippen molar-refractivity contribution in [3.63, 3.8) is 0 Å². The number of imidazole rings is 1. The first-order valence-corrected chi connectivity index (χ1v) is 10.1. The van der Waals surface area contributed by atoms with Crippen molar-refractivity contribution in [2.75, 3.05) is 31.2 Å². The number of aryl methyl sites for hydroxylation is 1. The van der Waals surface area contributed by atoms with E-state index in [0.29, 0.717) is 44.2 Å². The summed E-state index contributed by atoms with van der Waals surface area (Å²) < 4.78 is 9.59. The van der Waals surface area contributed by atoms with Crippen molar-refractivity contribution >= 4 is 22.9 Å². The number of carbonyl (C=O) groups excluding carboxylic acids is 1. The number of nitrogens with zero attached hydrogens (tertiary/aromatic N) is 5. The van der Waals surface area contributed by atoms with Crippen LogP contribution in [0.1, 0.15) is 29.7 Å². The molecule has 1 aliphatic heterocycles. The van der Waals surface area contributed by atoms with Crippen LogP contribution in [0.4, 0.5) is 5.95 Å². The number of ether oxygens (including phenoxy) is 1. The molecule has 9 nitrogen and oxygen atoms in total. The third-order valence-corrected chi connectivity index (χ3v) is 5.63. The maximum absolute atomic E-state index is 13.4. The van der Waals surface area contributed by atoms with Crippen LogP contribution in [0.15, 0.2) is 39.9 Å². The molecule has 1 aliphatic rings. The van der Waals surface area contributed by atoms with Crippen LogP contribution in [0.3, 0.4) is 0 Å². The summed E-state index contributed by atoms with van der Waals surface area (Å²) >= 11 is 0. The Hall–Kier alpha value is -3.20. The molecule has 0 amide bonds. The Morgan fingerprint density at radius 2 is 1.77 bits per heavy atom. The zero-order chi connectivity index (χ0) is 21.4. The van der Waals surface area contributed by atoms with Gasteiger partial charge in [-0.1, -0.05) is 37.3 Å². The molecule has 1 fully saturated rings. The Labute approximate surface area is 173 Å². The molecule has 0 saturated carbocycles. The second kappa shape index (κ2) is 7.91. The van der Waals surface area contributed by atoms with Crippen molar-refractivity contribution in [1.82, 2.24) is 18.7 Å². The number of hydrogen-bond acceptors (Lipinski definition) is 6. The van der Waals surface area contributed by atoms with Gasteiger partial charge in [0, 0.05) is 32.7 Å². The number of fused-ring (bicyclic) bond motifs is 1. The molecule has 3 aromatic rings. The SMILES string of the molecule is CC[C@H](C(=O)c1ccccc1)n1c(N2CCOCC2)nc2c1c(=O)n(C)c(=O)n2C. The van der Waals surface area contributed by atoms with E-state index in [1.807, 2.05) is 30.0 Å². The molecule has 158 valence electrons. The quantitative estimate of drug-likeness (QED) is 0.584. The predicted octanol–water partition coefficient (Wildman–Crippen LogP) is 1.10. The van der Waals surface area contributed by atoms with Crippen LogP contribution >= 0.6 is 0 Å². The average Bonchev–Trinajstić information content (AvgIpc) is 3.18. The van der Waals surface area contributed by atoms with Crippen LogP contribution in [0.5, 0.6) is 0 Å². The number of ketones is 1. The summed E-state index contributed by atoms with van der Waals surface area (Å²) in [6.45, 7) is 4.15. The molecule has 1 aromatic carbocycles. The van der Waals surface area contributed by atoms with Crippen molar-refractivity contribution in [2.45, 2.75) is 19.4 Å². The smallest absolute Gasteiger partial charge is 0.332 e. The van der Waals surface area contributed by atoms with Crippen molar-refractivity contribution in [2.24, 2.45) is 14.1 Å². The third kappa shape index (κ3) is 3.15. The molecule has 2 aromatic heterocycles. The van der Waals surface area contributed by atoms with E-state index in [0.717, 1.165) is 4.57 Å². The first-order chi connectivity index (χ1) is 14.5. The Kier molecular flexibility index (Phi) is 5.29. The molecule has 0 N–H and O–H groups in total. The number of rotatable bonds is 5.